The highest BCUT2D eigenvalue weighted by Crippen LogP contribution is 2.02. The van der Waals surface area contributed by atoms with Gasteiger partial charge in [-0.2, -0.15) is 8.42 Å². The van der Waals surface area contributed by atoms with Gasteiger partial charge in [-0.15, -0.1) is 0 Å². The van der Waals surface area contributed by atoms with Crippen LogP contribution in [-0.4, -0.2) is 20.6 Å². The van der Waals surface area contributed by atoms with E-state index in [1.807, 2.05) is 0 Å². The van der Waals surface area contributed by atoms with Crippen LogP contribution in [0.15, 0.2) is 30.3 Å². The third-order valence-electron chi connectivity index (χ3n) is 1.24. The van der Waals surface area contributed by atoms with Gasteiger partial charge in [-0.3, -0.25) is 0 Å². The van der Waals surface area contributed by atoms with E-state index in [0.29, 0.717) is 0 Å². The highest BCUT2D eigenvalue weighted by atomic mass is 32.2. The SMILES string of the molecule is CS(=O)(=O)OC(=O)c1ccccc1. The Balaban J connectivity index is 2.82. The molecule has 0 aliphatic rings. The Labute approximate surface area is 76.3 Å². The molecule has 0 saturated carbocycles. The summed E-state index contributed by atoms with van der Waals surface area (Å²) < 4.78 is 25.3. The fraction of sp³-hybridized carbons (Fsp3) is 0.125. The van der Waals surface area contributed by atoms with Gasteiger partial charge in [0.1, 0.15) is 0 Å². The van der Waals surface area contributed by atoms with Crippen molar-refractivity contribution in [3.05, 3.63) is 35.9 Å². The Morgan fingerprint density at radius 3 is 2.23 bits per heavy atom. The third kappa shape index (κ3) is 3.25. The van der Waals surface area contributed by atoms with Crippen molar-refractivity contribution in [1.29, 1.82) is 0 Å². The fourth-order valence-electron chi connectivity index (χ4n) is 0.760. The molecule has 0 atom stereocenters. The summed E-state index contributed by atoms with van der Waals surface area (Å²) in [6.45, 7) is 0. The van der Waals surface area contributed by atoms with Gasteiger partial charge in [0.25, 0.3) is 0 Å². The Kier molecular flexibility index (Phi) is 2.67. The van der Waals surface area contributed by atoms with Crippen LogP contribution in [0.25, 0.3) is 0 Å². The molecule has 0 bridgehead atoms. The standard InChI is InChI=1S/C8H8O4S/c1-13(10,11)12-8(9)7-5-3-2-4-6-7/h2-6H,1H3. The summed E-state index contributed by atoms with van der Waals surface area (Å²) in [4.78, 5) is 11.1. The van der Waals surface area contributed by atoms with Gasteiger partial charge in [0, 0.05) is 0 Å². The Morgan fingerprint density at radius 2 is 1.77 bits per heavy atom. The molecular weight excluding hydrogens is 192 g/mol. The molecule has 1 aromatic rings. The molecule has 0 fully saturated rings. The maximum absolute atomic E-state index is 11.1. The van der Waals surface area contributed by atoms with Crippen molar-refractivity contribution in [2.45, 2.75) is 0 Å². The number of benzene rings is 1. The Morgan fingerprint density at radius 1 is 1.23 bits per heavy atom. The zero-order valence-electron chi connectivity index (χ0n) is 6.93. The first kappa shape index (κ1) is 9.73. The van der Waals surface area contributed by atoms with Crippen LogP contribution in [0.4, 0.5) is 0 Å². The molecule has 0 amide bonds. The van der Waals surface area contributed by atoms with Crippen LogP contribution in [0.5, 0.6) is 0 Å². The summed E-state index contributed by atoms with van der Waals surface area (Å²) in [5.74, 6) is -0.858. The molecule has 0 aliphatic carbocycles. The molecule has 0 heterocycles. The molecule has 13 heavy (non-hydrogen) atoms. The summed E-state index contributed by atoms with van der Waals surface area (Å²) >= 11 is 0. The Hall–Kier alpha value is -1.36. The Bertz CT molecular complexity index is 393. The van der Waals surface area contributed by atoms with Crippen LogP contribution in [0.1, 0.15) is 10.4 Å². The number of hydrogen-bond acceptors (Lipinski definition) is 4. The van der Waals surface area contributed by atoms with Crippen LogP contribution in [0.2, 0.25) is 0 Å². The van der Waals surface area contributed by atoms with Gasteiger partial charge in [0.05, 0.1) is 11.8 Å². The first-order chi connectivity index (χ1) is 5.99. The predicted molar refractivity (Wildman–Crippen MR) is 46.7 cm³/mol. The fourth-order valence-corrected chi connectivity index (χ4v) is 1.13. The minimum Gasteiger partial charge on any atom is -0.341 e. The summed E-state index contributed by atoms with van der Waals surface area (Å²) in [6, 6.07) is 7.93. The molecule has 0 unspecified atom stereocenters. The number of rotatable bonds is 2. The highest BCUT2D eigenvalue weighted by molar-refractivity contribution is 7.86. The second-order valence-corrected chi connectivity index (χ2v) is 4.02. The van der Waals surface area contributed by atoms with Crippen molar-refractivity contribution in [1.82, 2.24) is 0 Å². The second-order valence-electron chi connectivity index (χ2n) is 2.44. The topological polar surface area (TPSA) is 60.4 Å². The quantitative estimate of drug-likeness (QED) is 0.662. The maximum Gasteiger partial charge on any atom is 0.353 e. The maximum atomic E-state index is 11.1. The van der Waals surface area contributed by atoms with Crippen molar-refractivity contribution in [3.8, 4) is 0 Å². The summed E-state index contributed by atoms with van der Waals surface area (Å²) in [5.41, 5.74) is 0.216. The van der Waals surface area contributed by atoms with Gasteiger partial charge >= 0.3 is 16.1 Å². The lowest BCUT2D eigenvalue weighted by Gasteiger charge is -1.99. The molecule has 1 aromatic carbocycles. The predicted octanol–water partition coefficient (Wildman–Crippen LogP) is 0.803. The summed E-state index contributed by atoms with van der Waals surface area (Å²) in [5, 5.41) is 0. The van der Waals surface area contributed by atoms with E-state index in [-0.39, 0.29) is 5.56 Å². The molecule has 5 heteroatoms. The monoisotopic (exact) mass is 200 g/mol. The average molecular weight is 200 g/mol. The van der Waals surface area contributed by atoms with Crippen LogP contribution < -0.4 is 0 Å². The first-order valence-corrected chi connectivity index (χ1v) is 5.29. The lowest BCUT2D eigenvalue weighted by molar-refractivity contribution is 0.0748. The molecule has 0 N–H and O–H groups in total. The molecule has 0 saturated heterocycles. The molecule has 0 aliphatic heterocycles. The van der Waals surface area contributed by atoms with Crippen LogP contribution in [-0.2, 0) is 14.3 Å². The normalized spacial score (nSPS) is 10.8. The van der Waals surface area contributed by atoms with Gasteiger partial charge < -0.3 is 4.18 Å². The molecule has 4 nitrogen and oxygen atoms in total. The van der Waals surface area contributed by atoms with E-state index in [9.17, 15) is 13.2 Å². The van der Waals surface area contributed by atoms with E-state index in [0.717, 1.165) is 6.26 Å². The first-order valence-electron chi connectivity index (χ1n) is 3.48. The van der Waals surface area contributed by atoms with Gasteiger partial charge in [-0.05, 0) is 12.1 Å². The van der Waals surface area contributed by atoms with E-state index < -0.39 is 16.1 Å². The third-order valence-corrected chi connectivity index (χ3v) is 1.69. The van der Waals surface area contributed by atoms with Crippen LogP contribution in [0.3, 0.4) is 0 Å². The molecule has 1 rings (SSSR count). The minimum atomic E-state index is -3.72. The van der Waals surface area contributed by atoms with Crippen LogP contribution >= 0.6 is 0 Å². The molecule has 0 radical (unpaired) electrons. The smallest absolute Gasteiger partial charge is 0.341 e. The molecular formula is C8H8O4S. The molecule has 70 valence electrons. The zero-order valence-corrected chi connectivity index (χ0v) is 7.74. The summed E-state index contributed by atoms with van der Waals surface area (Å²) in [6.07, 6.45) is 0.827. The van der Waals surface area contributed by atoms with Gasteiger partial charge in [0.2, 0.25) is 0 Å². The van der Waals surface area contributed by atoms with Crippen molar-refractivity contribution < 1.29 is 17.4 Å². The van der Waals surface area contributed by atoms with Crippen molar-refractivity contribution >= 4 is 16.1 Å². The molecule has 0 aromatic heterocycles. The number of carbonyl (C=O) groups excluding carboxylic acids is 1. The lowest BCUT2D eigenvalue weighted by Crippen LogP contribution is -2.11. The van der Waals surface area contributed by atoms with Crippen LogP contribution in [0, 0.1) is 0 Å². The van der Waals surface area contributed by atoms with Gasteiger partial charge in [-0.25, -0.2) is 4.79 Å². The molecule has 0 spiro atoms. The number of hydrogen-bond donors (Lipinski definition) is 0. The van der Waals surface area contributed by atoms with Crippen molar-refractivity contribution in [2.24, 2.45) is 0 Å². The highest BCUT2D eigenvalue weighted by Gasteiger charge is 2.12. The zero-order chi connectivity index (χ0) is 9.90. The van der Waals surface area contributed by atoms with E-state index >= 15 is 0 Å². The second kappa shape index (κ2) is 3.57. The van der Waals surface area contributed by atoms with Gasteiger partial charge in [-0.1, -0.05) is 18.2 Å². The van der Waals surface area contributed by atoms with E-state index in [1.54, 1.807) is 18.2 Å². The lowest BCUT2D eigenvalue weighted by atomic mass is 10.2. The van der Waals surface area contributed by atoms with E-state index in [1.165, 1.54) is 12.1 Å². The van der Waals surface area contributed by atoms with E-state index in [4.69, 9.17) is 0 Å². The minimum absolute atomic E-state index is 0.216. The van der Waals surface area contributed by atoms with E-state index in [2.05, 4.69) is 4.18 Å². The largest absolute Gasteiger partial charge is 0.353 e. The van der Waals surface area contributed by atoms with Crippen molar-refractivity contribution in [2.75, 3.05) is 6.26 Å². The summed E-state index contributed by atoms with van der Waals surface area (Å²) in [7, 11) is -3.72. The average Bonchev–Trinajstić information content (AvgIpc) is 2.03. The van der Waals surface area contributed by atoms with Gasteiger partial charge in [0.15, 0.2) is 0 Å². The number of carbonyl (C=O) groups is 1. The van der Waals surface area contributed by atoms with Crippen molar-refractivity contribution in [3.63, 3.8) is 0 Å².